The summed E-state index contributed by atoms with van der Waals surface area (Å²) in [6, 6.07) is 13.4. The smallest absolute Gasteiger partial charge is 0.416 e. The van der Waals surface area contributed by atoms with Gasteiger partial charge in [0.1, 0.15) is 6.54 Å². The van der Waals surface area contributed by atoms with Gasteiger partial charge in [0.05, 0.1) is 21.6 Å². The molecule has 3 heterocycles. The number of benzene rings is 2. The van der Waals surface area contributed by atoms with Crippen LogP contribution in [0, 0.1) is 13.8 Å². The third kappa shape index (κ3) is 4.60. The van der Waals surface area contributed by atoms with Crippen molar-refractivity contribution in [1.29, 1.82) is 0 Å². The fourth-order valence-corrected chi connectivity index (χ4v) is 5.44. The van der Waals surface area contributed by atoms with E-state index in [4.69, 9.17) is 11.6 Å². The molecule has 0 bridgehead atoms. The van der Waals surface area contributed by atoms with Gasteiger partial charge in [-0.1, -0.05) is 35.9 Å². The summed E-state index contributed by atoms with van der Waals surface area (Å²) in [5.41, 5.74) is 1.42. The van der Waals surface area contributed by atoms with Gasteiger partial charge in [-0.05, 0) is 55.3 Å². The fraction of sp³-hybridized carbons (Fsp3) is 0.148. The summed E-state index contributed by atoms with van der Waals surface area (Å²) in [6.07, 6.45) is -1.14. The molecule has 0 aliphatic carbocycles. The molecule has 5 nitrogen and oxygen atoms in total. The monoisotopic (exact) mass is 542 g/mol. The number of aromatic nitrogens is 3. The molecule has 0 amide bonds. The van der Waals surface area contributed by atoms with Gasteiger partial charge in [0.25, 0.3) is 11.5 Å². The normalized spacial score (nSPS) is 11.8. The van der Waals surface area contributed by atoms with Crippen LogP contribution in [0.25, 0.3) is 27.9 Å². The summed E-state index contributed by atoms with van der Waals surface area (Å²) in [5.74, 6) is -0.221. The predicted molar refractivity (Wildman–Crippen MR) is 137 cm³/mol. The number of nitrogens with zero attached hydrogens (tertiary/aromatic N) is 3. The van der Waals surface area contributed by atoms with Gasteiger partial charge in [-0.2, -0.15) is 22.1 Å². The molecule has 1 N–H and O–H groups in total. The fourth-order valence-electron chi connectivity index (χ4n) is 4.37. The summed E-state index contributed by atoms with van der Waals surface area (Å²) < 4.78 is 42.4. The maximum Gasteiger partial charge on any atom is 0.416 e. The number of hydrogen-bond donors (Lipinski definition) is 1. The van der Waals surface area contributed by atoms with Crippen molar-refractivity contribution >= 4 is 28.6 Å². The number of aromatic hydroxyl groups is 1. The van der Waals surface area contributed by atoms with E-state index < -0.39 is 17.3 Å². The summed E-state index contributed by atoms with van der Waals surface area (Å²) in [5, 5.41) is 12.2. The molecule has 5 rings (SSSR count). The van der Waals surface area contributed by atoms with Gasteiger partial charge in [0, 0.05) is 22.3 Å². The van der Waals surface area contributed by atoms with Crippen molar-refractivity contribution in [3.8, 4) is 28.1 Å². The number of rotatable bonds is 4. The van der Waals surface area contributed by atoms with Crippen molar-refractivity contribution in [3.05, 3.63) is 103 Å². The van der Waals surface area contributed by atoms with Crippen molar-refractivity contribution < 1.29 is 22.8 Å². The largest absolute Gasteiger partial charge is 0.477 e. The Morgan fingerprint density at radius 1 is 1.08 bits per heavy atom. The van der Waals surface area contributed by atoms with E-state index in [9.17, 15) is 23.1 Å². The van der Waals surface area contributed by atoms with E-state index in [1.807, 2.05) is 19.9 Å². The second kappa shape index (κ2) is 9.32. The molecule has 0 saturated heterocycles. The average Bonchev–Trinajstić information content (AvgIpc) is 3.26. The summed E-state index contributed by atoms with van der Waals surface area (Å²) in [7, 11) is 0. The topological polar surface area (TPSA) is 58.5 Å². The number of fused-ring (bicyclic) bond motifs is 1. The van der Waals surface area contributed by atoms with Crippen LogP contribution in [0.15, 0.2) is 71.8 Å². The van der Waals surface area contributed by atoms with Crippen LogP contribution in [-0.2, 0) is 12.7 Å². The zero-order valence-corrected chi connectivity index (χ0v) is 21.2. The lowest BCUT2D eigenvalue weighted by molar-refractivity contribution is -0.671. The van der Waals surface area contributed by atoms with E-state index in [0.29, 0.717) is 28.9 Å². The first kappa shape index (κ1) is 25.0. The second-order valence-electron chi connectivity index (χ2n) is 8.59. The van der Waals surface area contributed by atoms with E-state index in [2.05, 4.69) is 4.98 Å². The molecular formula is C27H20ClF3N3O2S+. The Labute approximate surface area is 218 Å². The lowest BCUT2D eigenvalue weighted by Gasteiger charge is -2.13. The molecule has 0 saturated carbocycles. The Kier molecular flexibility index (Phi) is 6.29. The Balaban J connectivity index is 1.70. The third-order valence-corrected chi connectivity index (χ3v) is 7.28. The Morgan fingerprint density at radius 2 is 1.84 bits per heavy atom. The molecule has 5 aromatic rings. The van der Waals surface area contributed by atoms with E-state index in [1.165, 1.54) is 21.8 Å². The molecule has 3 aromatic heterocycles. The summed E-state index contributed by atoms with van der Waals surface area (Å²) >= 11 is 7.71. The molecule has 188 valence electrons. The van der Waals surface area contributed by atoms with Gasteiger partial charge < -0.3 is 5.11 Å². The highest BCUT2D eigenvalue weighted by atomic mass is 35.5. The first-order valence-corrected chi connectivity index (χ1v) is 12.4. The van der Waals surface area contributed by atoms with Crippen LogP contribution in [0.2, 0.25) is 5.02 Å². The lowest BCUT2D eigenvalue weighted by atomic mass is 9.99. The highest BCUT2D eigenvalue weighted by Crippen LogP contribution is 2.37. The van der Waals surface area contributed by atoms with Crippen LogP contribution in [-0.4, -0.2) is 14.5 Å². The first-order chi connectivity index (χ1) is 17.5. The van der Waals surface area contributed by atoms with Crippen LogP contribution in [0.4, 0.5) is 13.2 Å². The van der Waals surface area contributed by atoms with Crippen LogP contribution in [0.1, 0.15) is 21.0 Å². The molecule has 0 radical (unpaired) electrons. The van der Waals surface area contributed by atoms with Gasteiger partial charge >= 0.3 is 11.7 Å². The Hall–Kier alpha value is -3.69. The molecule has 10 heteroatoms. The van der Waals surface area contributed by atoms with Crippen molar-refractivity contribution in [2.75, 3.05) is 0 Å². The maximum absolute atomic E-state index is 13.6. The molecule has 0 aliphatic rings. The molecule has 0 aliphatic heterocycles. The molecule has 0 unspecified atom stereocenters. The minimum Gasteiger partial charge on any atom is -0.477 e. The number of hydrogen-bond acceptors (Lipinski definition) is 4. The van der Waals surface area contributed by atoms with Gasteiger partial charge in [-0.3, -0.25) is 0 Å². The van der Waals surface area contributed by atoms with Crippen LogP contribution in [0.5, 0.6) is 5.88 Å². The number of thiazole rings is 1. The molecule has 0 spiro atoms. The standard InChI is InChI=1S/C27H19ClF3N3O2S/c1-15-5-4-10-33-24(15)34(14-20-13-32-16(2)37-20)26(36)23(25(33)35)18-7-3-6-17(11-18)21-9-8-19(12-22(21)28)27(29,30)31/h3-13H,14H2,1-2H3/p+1. The van der Waals surface area contributed by atoms with E-state index in [0.717, 1.165) is 27.6 Å². The summed E-state index contributed by atoms with van der Waals surface area (Å²) in [6.45, 7) is 4.04. The number of aryl methyl sites for hydroxylation is 2. The SMILES string of the molecule is Cc1ncc(C[n+]2c(O)c(-c3cccc(-c4ccc(C(F)(F)F)cc4Cl)c3)c(=O)n3cccc(C)c32)s1. The molecule has 0 fully saturated rings. The van der Waals surface area contributed by atoms with Crippen LogP contribution >= 0.6 is 22.9 Å². The van der Waals surface area contributed by atoms with Crippen molar-refractivity contribution in [2.24, 2.45) is 0 Å². The highest BCUT2D eigenvalue weighted by Gasteiger charge is 2.31. The van der Waals surface area contributed by atoms with Gasteiger partial charge in [0.2, 0.25) is 0 Å². The van der Waals surface area contributed by atoms with Crippen LogP contribution < -0.4 is 10.1 Å². The van der Waals surface area contributed by atoms with E-state index in [1.54, 1.807) is 47.3 Å². The van der Waals surface area contributed by atoms with E-state index in [-0.39, 0.29) is 16.5 Å². The molecule has 2 aromatic carbocycles. The quantitative estimate of drug-likeness (QED) is 0.267. The zero-order valence-electron chi connectivity index (χ0n) is 19.7. The van der Waals surface area contributed by atoms with Gasteiger partial charge in [-0.15, -0.1) is 11.3 Å². The molecular weight excluding hydrogens is 523 g/mol. The third-order valence-electron chi connectivity index (χ3n) is 6.07. The Morgan fingerprint density at radius 3 is 2.51 bits per heavy atom. The zero-order chi connectivity index (χ0) is 26.5. The van der Waals surface area contributed by atoms with Crippen molar-refractivity contribution in [1.82, 2.24) is 9.38 Å². The van der Waals surface area contributed by atoms with Gasteiger partial charge in [-0.25, -0.2) is 9.78 Å². The van der Waals surface area contributed by atoms with Crippen LogP contribution in [0.3, 0.4) is 0 Å². The van der Waals surface area contributed by atoms with E-state index >= 15 is 0 Å². The minimum atomic E-state index is -4.52. The Bertz CT molecular complexity index is 1730. The number of halogens is 4. The molecule has 0 atom stereocenters. The first-order valence-electron chi connectivity index (χ1n) is 11.2. The summed E-state index contributed by atoms with van der Waals surface area (Å²) in [4.78, 5) is 18.8. The lowest BCUT2D eigenvalue weighted by Crippen LogP contribution is -2.41. The number of alkyl halides is 3. The molecule has 37 heavy (non-hydrogen) atoms. The van der Waals surface area contributed by atoms with Crippen molar-refractivity contribution in [3.63, 3.8) is 0 Å². The number of pyridine rings is 1. The minimum absolute atomic E-state index is 0.0641. The highest BCUT2D eigenvalue weighted by molar-refractivity contribution is 7.11. The van der Waals surface area contributed by atoms with Gasteiger partial charge in [0.15, 0.2) is 5.56 Å². The maximum atomic E-state index is 13.6. The predicted octanol–water partition coefficient (Wildman–Crippen LogP) is 6.42. The average molecular weight is 543 g/mol. The second-order valence-corrected chi connectivity index (χ2v) is 10.3. The van der Waals surface area contributed by atoms with Crippen molar-refractivity contribution in [2.45, 2.75) is 26.6 Å².